The van der Waals surface area contributed by atoms with Crippen LogP contribution in [0.25, 0.3) is 22.0 Å². The minimum absolute atomic E-state index is 0.0296. The third kappa shape index (κ3) is 4.35. The minimum Gasteiger partial charge on any atom is -0.464 e. The van der Waals surface area contributed by atoms with Gasteiger partial charge in [0.05, 0.1) is 11.1 Å². The number of carbonyl (C=O) groups is 1. The molecule has 9 nitrogen and oxygen atoms in total. The molecule has 0 saturated heterocycles. The van der Waals surface area contributed by atoms with Crippen molar-refractivity contribution in [2.24, 2.45) is 0 Å². The molecule has 4 N–H and O–H groups in total. The molecule has 146 valence electrons. The van der Waals surface area contributed by atoms with Crippen LogP contribution in [0.4, 0.5) is 4.79 Å². The highest BCUT2D eigenvalue weighted by Gasteiger charge is 2.15. The number of hydrogen-bond acceptors (Lipinski definition) is 5. The zero-order chi connectivity index (χ0) is 20.3. The summed E-state index contributed by atoms with van der Waals surface area (Å²) in [5, 5.41) is 16.4. The second kappa shape index (κ2) is 7.79. The highest BCUT2D eigenvalue weighted by atomic mass is 32.2. The topological polar surface area (TPSA) is 141 Å². The number of H-pyrrole nitrogens is 1. The van der Waals surface area contributed by atoms with Gasteiger partial charge in [0.15, 0.2) is 0 Å². The molecule has 0 aliphatic heterocycles. The van der Waals surface area contributed by atoms with Gasteiger partial charge in [-0.1, -0.05) is 49.4 Å². The number of aromatic nitrogens is 2. The van der Waals surface area contributed by atoms with Gasteiger partial charge in [0.1, 0.15) is 0 Å². The van der Waals surface area contributed by atoms with Crippen LogP contribution >= 0.6 is 0 Å². The molecule has 1 amide bonds. The first-order valence-electron chi connectivity index (χ1n) is 8.35. The van der Waals surface area contributed by atoms with Gasteiger partial charge in [0.25, 0.3) is 5.56 Å². The molecule has 0 aliphatic rings. The molecule has 3 aromatic rings. The maximum Gasteiger partial charge on any atom is 0.419 e. The molecule has 0 radical (unpaired) electrons. The third-order valence-electron chi connectivity index (χ3n) is 4.25. The SMILES string of the molecule is CC(CNS(=O)(=O)NC(=O)O)c1ccc(-c2n[nH]c(=O)c3ccccc23)cc1. The van der Waals surface area contributed by atoms with Crippen molar-refractivity contribution in [1.82, 2.24) is 19.6 Å². The van der Waals surface area contributed by atoms with Crippen LogP contribution in [0.15, 0.2) is 53.3 Å². The molecule has 0 bridgehead atoms. The van der Waals surface area contributed by atoms with Crippen molar-refractivity contribution < 1.29 is 18.3 Å². The fourth-order valence-corrected chi connectivity index (χ4v) is 3.58. The second-order valence-electron chi connectivity index (χ2n) is 6.23. The van der Waals surface area contributed by atoms with Crippen molar-refractivity contribution >= 4 is 27.1 Å². The molecule has 2 aromatic carbocycles. The summed E-state index contributed by atoms with van der Waals surface area (Å²) in [4.78, 5) is 22.4. The zero-order valence-corrected chi connectivity index (χ0v) is 15.7. The summed E-state index contributed by atoms with van der Waals surface area (Å²) in [5.74, 6) is -0.195. The number of fused-ring (bicyclic) bond motifs is 1. The molecule has 0 fully saturated rings. The Morgan fingerprint density at radius 1 is 1.14 bits per heavy atom. The van der Waals surface area contributed by atoms with Gasteiger partial charge in [0.2, 0.25) is 0 Å². The first kappa shape index (κ1) is 19.5. The maximum atomic E-state index is 11.9. The monoisotopic (exact) mass is 402 g/mol. The molecule has 10 heteroatoms. The van der Waals surface area contributed by atoms with Crippen LogP contribution < -0.4 is 15.0 Å². The Morgan fingerprint density at radius 3 is 2.43 bits per heavy atom. The van der Waals surface area contributed by atoms with Crippen molar-refractivity contribution in [3.63, 3.8) is 0 Å². The molecule has 28 heavy (non-hydrogen) atoms. The molecule has 0 spiro atoms. The zero-order valence-electron chi connectivity index (χ0n) is 14.8. The molecule has 1 heterocycles. The maximum absolute atomic E-state index is 11.9. The number of amides is 1. The summed E-state index contributed by atoms with van der Waals surface area (Å²) in [6, 6.07) is 14.5. The van der Waals surface area contributed by atoms with Crippen LogP contribution in [-0.4, -0.2) is 36.4 Å². The van der Waals surface area contributed by atoms with E-state index in [1.807, 2.05) is 43.3 Å². The van der Waals surface area contributed by atoms with Gasteiger partial charge in [-0.05, 0) is 17.5 Å². The highest BCUT2D eigenvalue weighted by Crippen LogP contribution is 2.25. The van der Waals surface area contributed by atoms with Crippen molar-refractivity contribution in [2.75, 3.05) is 6.54 Å². The van der Waals surface area contributed by atoms with E-state index in [4.69, 9.17) is 5.11 Å². The Hall–Kier alpha value is -3.24. The summed E-state index contributed by atoms with van der Waals surface area (Å²) in [5.41, 5.74) is 2.04. The predicted molar refractivity (Wildman–Crippen MR) is 104 cm³/mol. The Labute approximate surface area is 160 Å². The summed E-state index contributed by atoms with van der Waals surface area (Å²) < 4.78 is 26.7. The molecule has 3 rings (SSSR count). The summed E-state index contributed by atoms with van der Waals surface area (Å²) in [6.45, 7) is 1.84. The fraction of sp³-hybridized carbons (Fsp3) is 0.167. The van der Waals surface area contributed by atoms with Gasteiger partial charge in [0, 0.05) is 17.5 Å². The van der Waals surface area contributed by atoms with E-state index in [1.54, 1.807) is 12.1 Å². The number of aromatic amines is 1. The van der Waals surface area contributed by atoms with Crippen LogP contribution in [0, 0.1) is 0 Å². The van der Waals surface area contributed by atoms with E-state index < -0.39 is 16.3 Å². The Kier molecular flexibility index (Phi) is 5.43. The van der Waals surface area contributed by atoms with Gasteiger partial charge in [-0.3, -0.25) is 4.79 Å². The van der Waals surface area contributed by atoms with Crippen molar-refractivity contribution in [3.05, 3.63) is 64.4 Å². The lowest BCUT2D eigenvalue weighted by molar-refractivity contribution is 0.201. The lowest BCUT2D eigenvalue weighted by Gasteiger charge is -2.14. The Morgan fingerprint density at radius 2 is 1.79 bits per heavy atom. The predicted octanol–water partition coefficient (Wildman–Crippen LogP) is 1.80. The smallest absolute Gasteiger partial charge is 0.419 e. The Bertz CT molecular complexity index is 1170. The molecule has 1 atom stereocenters. The summed E-state index contributed by atoms with van der Waals surface area (Å²) >= 11 is 0. The molecule has 1 unspecified atom stereocenters. The van der Waals surface area contributed by atoms with Gasteiger partial charge in [-0.25, -0.2) is 14.6 Å². The Balaban J connectivity index is 1.80. The molecule has 0 aliphatic carbocycles. The quantitative estimate of drug-likeness (QED) is 0.495. The lowest BCUT2D eigenvalue weighted by Crippen LogP contribution is -2.40. The normalized spacial score (nSPS) is 12.6. The van der Waals surface area contributed by atoms with E-state index in [2.05, 4.69) is 14.9 Å². The largest absolute Gasteiger partial charge is 0.464 e. The molecular weight excluding hydrogens is 384 g/mol. The number of carboxylic acid groups (broad SMARTS) is 1. The lowest BCUT2D eigenvalue weighted by atomic mass is 9.98. The van der Waals surface area contributed by atoms with E-state index >= 15 is 0 Å². The van der Waals surface area contributed by atoms with Crippen molar-refractivity contribution in [2.45, 2.75) is 12.8 Å². The minimum atomic E-state index is -4.11. The first-order chi connectivity index (χ1) is 13.3. The summed E-state index contributed by atoms with van der Waals surface area (Å²) in [6.07, 6.45) is -1.65. The molecular formula is C18H18N4O5S. The van der Waals surface area contributed by atoms with Gasteiger partial charge in [-0.15, -0.1) is 0 Å². The highest BCUT2D eigenvalue weighted by molar-refractivity contribution is 7.88. The average molecular weight is 402 g/mol. The summed E-state index contributed by atoms with van der Waals surface area (Å²) in [7, 11) is -4.11. The van der Waals surface area contributed by atoms with Gasteiger partial charge in [-0.2, -0.15) is 18.2 Å². The van der Waals surface area contributed by atoms with Crippen LogP contribution in [-0.2, 0) is 10.2 Å². The van der Waals surface area contributed by atoms with Crippen LogP contribution in [0.5, 0.6) is 0 Å². The van der Waals surface area contributed by atoms with E-state index in [0.717, 1.165) is 16.5 Å². The average Bonchev–Trinajstić information content (AvgIpc) is 2.66. The van der Waals surface area contributed by atoms with E-state index in [-0.39, 0.29) is 18.0 Å². The fourth-order valence-electron chi connectivity index (χ4n) is 2.81. The third-order valence-corrected chi connectivity index (χ3v) is 5.24. The number of benzene rings is 2. The van der Waals surface area contributed by atoms with E-state index in [0.29, 0.717) is 11.1 Å². The number of rotatable bonds is 6. The van der Waals surface area contributed by atoms with Crippen LogP contribution in [0.2, 0.25) is 0 Å². The van der Waals surface area contributed by atoms with Crippen molar-refractivity contribution in [1.29, 1.82) is 0 Å². The number of hydrogen-bond donors (Lipinski definition) is 4. The van der Waals surface area contributed by atoms with Crippen LogP contribution in [0.1, 0.15) is 18.4 Å². The first-order valence-corrected chi connectivity index (χ1v) is 9.83. The van der Waals surface area contributed by atoms with Gasteiger partial charge < -0.3 is 5.11 Å². The second-order valence-corrected chi connectivity index (χ2v) is 7.73. The van der Waals surface area contributed by atoms with Crippen molar-refractivity contribution in [3.8, 4) is 11.3 Å². The van der Waals surface area contributed by atoms with E-state index in [1.165, 1.54) is 4.72 Å². The van der Waals surface area contributed by atoms with E-state index in [9.17, 15) is 18.0 Å². The number of nitrogens with one attached hydrogen (secondary N) is 3. The standard InChI is InChI=1S/C18H18N4O5S/c1-11(10-19-28(26,27)22-18(24)25)12-6-8-13(9-7-12)16-14-4-2-3-5-15(14)17(23)21-20-16/h2-9,11,19,22H,10H2,1H3,(H,21,23)(H,24,25). The molecule has 1 aromatic heterocycles. The molecule has 0 saturated carbocycles. The van der Waals surface area contributed by atoms with Gasteiger partial charge >= 0.3 is 16.3 Å². The number of nitrogens with zero attached hydrogens (tertiary/aromatic N) is 1. The van der Waals surface area contributed by atoms with Crippen LogP contribution in [0.3, 0.4) is 0 Å².